The first-order valence-electron chi connectivity index (χ1n) is 8.96. The molecule has 3 aromatic rings. The van der Waals surface area contributed by atoms with E-state index in [-0.39, 0.29) is 0 Å². The van der Waals surface area contributed by atoms with Gasteiger partial charge in [0.05, 0.1) is 42.6 Å². The standard InChI is InChI=1S/C20H24N4O3S/c1-6-7-17-22-12(2)19(28-17)14-8-9-21-20(24-14)23-13-10-15(25-3)18(27-5)16(11-13)26-4/h8-11H,6-7H2,1-5H3,(H,21,23,24). The van der Waals surface area contributed by atoms with E-state index in [0.29, 0.717) is 23.2 Å². The van der Waals surface area contributed by atoms with Crippen LogP contribution in [0.4, 0.5) is 11.6 Å². The van der Waals surface area contributed by atoms with Gasteiger partial charge < -0.3 is 19.5 Å². The molecule has 0 radical (unpaired) electrons. The third-order valence-corrected chi connectivity index (χ3v) is 5.35. The first kappa shape index (κ1) is 19.9. The normalized spacial score (nSPS) is 10.6. The van der Waals surface area contributed by atoms with Crippen molar-refractivity contribution in [2.45, 2.75) is 26.7 Å². The molecule has 1 N–H and O–H groups in total. The van der Waals surface area contributed by atoms with Crippen LogP contribution in [0, 0.1) is 6.92 Å². The fraction of sp³-hybridized carbons (Fsp3) is 0.350. The second-order valence-electron chi connectivity index (χ2n) is 6.08. The summed E-state index contributed by atoms with van der Waals surface area (Å²) in [7, 11) is 4.74. The lowest BCUT2D eigenvalue weighted by molar-refractivity contribution is 0.324. The number of thiazole rings is 1. The number of aromatic nitrogens is 3. The van der Waals surface area contributed by atoms with Crippen LogP contribution in [0.2, 0.25) is 0 Å². The molecule has 0 spiro atoms. The highest BCUT2D eigenvalue weighted by Gasteiger charge is 2.15. The molecule has 2 heterocycles. The summed E-state index contributed by atoms with van der Waals surface area (Å²) in [5.41, 5.74) is 2.58. The van der Waals surface area contributed by atoms with E-state index < -0.39 is 0 Å². The van der Waals surface area contributed by atoms with Crippen molar-refractivity contribution in [2.24, 2.45) is 0 Å². The average molecular weight is 401 g/mol. The monoisotopic (exact) mass is 400 g/mol. The zero-order chi connectivity index (χ0) is 20.1. The number of nitrogens with zero attached hydrogens (tertiary/aromatic N) is 3. The maximum absolute atomic E-state index is 5.40. The zero-order valence-electron chi connectivity index (χ0n) is 16.7. The van der Waals surface area contributed by atoms with Gasteiger partial charge in [-0.2, -0.15) is 0 Å². The predicted octanol–water partition coefficient (Wildman–Crippen LogP) is 4.63. The molecule has 0 bridgehead atoms. The van der Waals surface area contributed by atoms with Crippen molar-refractivity contribution in [1.29, 1.82) is 0 Å². The zero-order valence-corrected chi connectivity index (χ0v) is 17.5. The third kappa shape index (κ3) is 4.17. The maximum atomic E-state index is 5.40. The van der Waals surface area contributed by atoms with E-state index >= 15 is 0 Å². The van der Waals surface area contributed by atoms with Crippen molar-refractivity contribution in [2.75, 3.05) is 26.6 Å². The van der Waals surface area contributed by atoms with Gasteiger partial charge in [-0.05, 0) is 25.8 Å². The number of nitrogens with one attached hydrogen (secondary N) is 1. The van der Waals surface area contributed by atoms with Crippen molar-refractivity contribution in [3.8, 4) is 27.8 Å². The minimum absolute atomic E-state index is 0.483. The van der Waals surface area contributed by atoms with E-state index in [0.717, 1.165) is 39.8 Å². The van der Waals surface area contributed by atoms with Crippen molar-refractivity contribution in [3.05, 3.63) is 35.1 Å². The van der Waals surface area contributed by atoms with Gasteiger partial charge >= 0.3 is 0 Å². The Balaban J connectivity index is 1.91. The Morgan fingerprint density at radius 3 is 2.36 bits per heavy atom. The Hall–Kier alpha value is -2.87. The van der Waals surface area contributed by atoms with Gasteiger partial charge in [-0.15, -0.1) is 11.3 Å². The summed E-state index contributed by atoms with van der Waals surface area (Å²) in [4.78, 5) is 14.7. The molecule has 0 atom stereocenters. The van der Waals surface area contributed by atoms with Gasteiger partial charge in [-0.1, -0.05) is 6.92 Å². The van der Waals surface area contributed by atoms with Gasteiger partial charge in [0.15, 0.2) is 11.5 Å². The fourth-order valence-electron chi connectivity index (χ4n) is 2.84. The Morgan fingerprint density at radius 1 is 1.04 bits per heavy atom. The maximum Gasteiger partial charge on any atom is 0.227 e. The van der Waals surface area contributed by atoms with Crippen LogP contribution in [0.5, 0.6) is 17.2 Å². The molecule has 0 saturated carbocycles. The lowest BCUT2D eigenvalue weighted by Gasteiger charge is -2.14. The van der Waals surface area contributed by atoms with Gasteiger partial charge in [0.2, 0.25) is 11.7 Å². The number of aryl methyl sites for hydroxylation is 2. The van der Waals surface area contributed by atoms with E-state index in [1.165, 1.54) is 0 Å². The number of hydrogen-bond acceptors (Lipinski definition) is 8. The number of anilines is 2. The minimum atomic E-state index is 0.483. The number of ether oxygens (including phenoxy) is 3. The van der Waals surface area contributed by atoms with E-state index in [9.17, 15) is 0 Å². The smallest absolute Gasteiger partial charge is 0.227 e. The van der Waals surface area contributed by atoms with Crippen LogP contribution < -0.4 is 19.5 Å². The van der Waals surface area contributed by atoms with Gasteiger partial charge in [0.1, 0.15) is 0 Å². The molecule has 0 fully saturated rings. The molecular formula is C20H24N4O3S. The van der Waals surface area contributed by atoms with Crippen LogP contribution in [0.15, 0.2) is 24.4 Å². The highest BCUT2D eigenvalue weighted by molar-refractivity contribution is 7.15. The molecule has 0 aliphatic rings. The molecule has 28 heavy (non-hydrogen) atoms. The predicted molar refractivity (Wildman–Crippen MR) is 111 cm³/mol. The number of benzene rings is 1. The Kier molecular flexibility index (Phi) is 6.30. The molecule has 0 aliphatic carbocycles. The molecular weight excluding hydrogens is 376 g/mol. The van der Waals surface area contributed by atoms with Gasteiger partial charge in [-0.3, -0.25) is 0 Å². The largest absolute Gasteiger partial charge is 0.493 e. The summed E-state index contributed by atoms with van der Waals surface area (Å²) >= 11 is 1.68. The topological polar surface area (TPSA) is 78.4 Å². The van der Waals surface area contributed by atoms with Crippen LogP contribution in [0.25, 0.3) is 10.6 Å². The van der Waals surface area contributed by atoms with Gasteiger partial charge in [0, 0.05) is 24.0 Å². The molecule has 7 nitrogen and oxygen atoms in total. The van der Waals surface area contributed by atoms with Crippen molar-refractivity contribution in [1.82, 2.24) is 15.0 Å². The summed E-state index contributed by atoms with van der Waals surface area (Å²) in [6.07, 6.45) is 3.79. The summed E-state index contributed by atoms with van der Waals surface area (Å²) in [6.45, 7) is 4.17. The van der Waals surface area contributed by atoms with E-state index in [1.54, 1.807) is 38.9 Å². The second-order valence-corrected chi connectivity index (χ2v) is 7.16. The first-order valence-corrected chi connectivity index (χ1v) is 9.78. The molecule has 0 unspecified atom stereocenters. The van der Waals surface area contributed by atoms with Gasteiger partial charge in [-0.25, -0.2) is 15.0 Å². The van der Waals surface area contributed by atoms with E-state index in [2.05, 4.69) is 27.2 Å². The Morgan fingerprint density at radius 2 is 1.75 bits per heavy atom. The van der Waals surface area contributed by atoms with Crippen LogP contribution in [-0.4, -0.2) is 36.3 Å². The van der Waals surface area contributed by atoms with Crippen LogP contribution in [-0.2, 0) is 6.42 Å². The van der Waals surface area contributed by atoms with Crippen molar-refractivity contribution in [3.63, 3.8) is 0 Å². The lowest BCUT2D eigenvalue weighted by atomic mass is 10.2. The van der Waals surface area contributed by atoms with Crippen LogP contribution in [0.3, 0.4) is 0 Å². The molecule has 3 rings (SSSR count). The number of methoxy groups -OCH3 is 3. The summed E-state index contributed by atoms with van der Waals surface area (Å²) in [5.74, 6) is 2.14. The Bertz CT molecular complexity index is 933. The fourth-order valence-corrected chi connectivity index (χ4v) is 3.97. The van der Waals surface area contributed by atoms with Crippen LogP contribution >= 0.6 is 11.3 Å². The van der Waals surface area contributed by atoms with Gasteiger partial charge in [0.25, 0.3) is 0 Å². The molecule has 0 amide bonds. The summed E-state index contributed by atoms with van der Waals surface area (Å²) < 4.78 is 16.2. The third-order valence-electron chi connectivity index (χ3n) is 4.11. The van der Waals surface area contributed by atoms with E-state index in [4.69, 9.17) is 14.2 Å². The van der Waals surface area contributed by atoms with E-state index in [1.807, 2.05) is 25.1 Å². The quantitative estimate of drug-likeness (QED) is 0.590. The van der Waals surface area contributed by atoms with Crippen LogP contribution in [0.1, 0.15) is 24.0 Å². The lowest BCUT2D eigenvalue weighted by Crippen LogP contribution is -2.00. The van der Waals surface area contributed by atoms with Crippen molar-refractivity contribution < 1.29 is 14.2 Å². The molecule has 1 aromatic carbocycles. The number of rotatable bonds is 8. The average Bonchev–Trinajstić information content (AvgIpc) is 3.07. The van der Waals surface area contributed by atoms with Crippen molar-refractivity contribution >= 4 is 23.0 Å². The molecule has 148 valence electrons. The first-order chi connectivity index (χ1) is 13.6. The number of hydrogen-bond donors (Lipinski definition) is 1. The summed E-state index contributed by atoms with van der Waals surface area (Å²) in [5, 5.41) is 4.34. The minimum Gasteiger partial charge on any atom is -0.493 e. The SMILES string of the molecule is CCCc1nc(C)c(-c2ccnc(Nc3cc(OC)c(OC)c(OC)c3)n2)s1. The summed E-state index contributed by atoms with van der Waals surface area (Å²) in [6, 6.07) is 5.53. The molecule has 2 aromatic heterocycles. The Labute approximate surface area is 168 Å². The molecule has 8 heteroatoms. The highest BCUT2D eigenvalue weighted by atomic mass is 32.1. The highest BCUT2D eigenvalue weighted by Crippen LogP contribution is 2.40. The second kappa shape index (κ2) is 8.88. The molecule has 0 aliphatic heterocycles. The molecule has 0 saturated heterocycles.